The normalized spacial score (nSPS) is 12.1. The van der Waals surface area contributed by atoms with Crippen LogP contribution in [0.4, 0.5) is 0 Å². The Morgan fingerprint density at radius 2 is 1.69 bits per heavy atom. The van der Waals surface area contributed by atoms with Crippen molar-refractivity contribution in [2.24, 2.45) is 0 Å². The molecular weight excluding hydrogens is 599 g/mol. The predicted octanol–water partition coefficient (Wildman–Crippen LogP) is 7.60. The van der Waals surface area contributed by atoms with Crippen LogP contribution in [-0.2, 0) is 28.0 Å². The smallest absolute Gasteiger partial charge is 0.261 e. The maximum atomic E-state index is 13.8. The summed E-state index contributed by atoms with van der Waals surface area (Å²) in [5, 5.41) is 3.78. The SMILES string of the molecule is CCCNC(=O)[C@@H](Cc1ccccc1)N(Cc1ccc(Cl)c(Cl)c1)C(=O)COc1ccc(C(C)(C)C)cc1Br. The van der Waals surface area contributed by atoms with Crippen molar-refractivity contribution in [1.29, 1.82) is 0 Å². The van der Waals surface area contributed by atoms with Gasteiger partial charge in [0.1, 0.15) is 11.8 Å². The quantitative estimate of drug-likeness (QED) is 0.237. The third-order valence-corrected chi connectivity index (χ3v) is 7.67. The lowest BCUT2D eigenvalue weighted by molar-refractivity contribution is -0.142. The molecule has 208 valence electrons. The molecule has 3 aromatic carbocycles. The van der Waals surface area contributed by atoms with Gasteiger partial charge in [-0.05, 0) is 68.7 Å². The van der Waals surface area contributed by atoms with Gasteiger partial charge in [-0.15, -0.1) is 0 Å². The van der Waals surface area contributed by atoms with E-state index in [9.17, 15) is 9.59 Å². The molecule has 0 saturated heterocycles. The van der Waals surface area contributed by atoms with Crippen molar-refractivity contribution in [2.75, 3.05) is 13.2 Å². The van der Waals surface area contributed by atoms with Crippen molar-refractivity contribution >= 4 is 50.9 Å². The van der Waals surface area contributed by atoms with Gasteiger partial charge in [0, 0.05) is 19.5 Å². The van der Waals surface area contributed by atoms with E-state index >= 15 is 0 Å². The second kappa shape index (κ2) is 14.2. The Kier molecular flexibility index (Phi) is 11.3. The number of nitrogens with one attached hydrogen (secondary N) is 1. The van der Waals surface area contributed by atoms with Gasteiger partial charge in [0.2, 0.25) is 5.91 Å². The minimum Gasteiger partial charge on any atom is -0.483 e. The topological polar surface area (TPSA) is 58.6 Å². The molecule has 0 aliphatic carbocycles. The molecule has 3 aromatic rings. The predicted molar refractivity (Wildman–Crippen MR) is 163 cm³/mol. The Morgan fingerprint density at radius 3 is 2.31 bits per heavy atom. The van der Waals surface area contributed by atoms with Crippen molar-refractivity contribution in [1.82, 2.24) is 10.2 Å². The Morgan fingerprint density at radius 1 is 0.974 bits per heavy atom. The van der Waals surface area contributed by atoms with E-state index in [1.165, 1.54) is 0 Å². The van der Waals surface area contributed by atoms with Gasteiger partial charge in [-0.3, -0.25) is 9.59 Å². The number of benzene rings is 3. The maximum absolute atomic E-state index is 13.8. The lowest BCUT2D eigenvalue weighted by Gasteiger charge is -2.31. The van der Waals surface area contributed by atoms with Crippen molar-refractivity contribution in [3.8, 4) is 5.75 Å². The summed E-state index contributed by atoms with van der Waals surface area (Å²) in [6.45, 7) is 8.84. The molecule has 1 N–H and O–H groups in total. The van der Waals surface area contributed by atoms with E-state index < -0.39 is 6.04 Å². The lowest BCUT2D eigenvalue weighted by Crippen LogP contribution is -2.51. The molecule has 39 heavy (non-hydrogen) atoms. The number of amides is 2. The van der Waals surface area contributed by atoms with Crippen LogP contribution < -0.4 is 10.1 Å². The molecule has 0 unspecified atom stereocenters. The average molecular weight is 634 g/mol. The number of hydrogen-bond donors (Lipinski definition) is 1. The maximum Gasteiger partial charge on any atom is 0.261 e. The molecule has 1 atom stereocenters. The first-order chi connectivity index (χ1) is 18.5. The van der Waals surface area contributed by atoms with Crippen LogP contribution in [-0.4, -0.2) is 35.9 Å². The molecule has 0 fully saturated rings. The van der Waals surface area contributed by atoms with E-state index in [-0.39, 0.29) is 30.4 Å². The first-order valence-electron chi connectivity index (χ1n) is 13.0. The number of carbonyl (C=O) groups excluding carboxylic acids is 2. The second-order valence-corrected chi connectivity index (χ2v) is 12.1. The highest BCUT2D eigenvalue weighted by atomic mass is 79.9. The fourth-order valence-corrected chi connectivity index (χ4v) is 4.88. The van der Waals surface area contributed by atoms with Crippen LogP contribution in [0.5, 0.6) is 5.75 Å². The van der Waals surface area contributed by atoms with Gasteiger partial charge in [-0.2, -0.15) is 0 Å². The molecule has 0 radical (unpaired) electrons. The standard InChI is InChI=1S/C31H35BrCl2N2O3/c1-5-15-35-30(38)27(17-21-9-7-6-8-10-21)36(19-22-11-13-25(33)26(34)16-22)29(37)20-39-28-14-12-23(18-24(28)32)31(2,3)4/h6-14,16,18,27H,5,15,17,19-20H2,1-4H3,(H,35,38)/t27-/m1/s1. The minimum atomic E-state index is -0.754. The highest BCUT2D eigenvalue weighted by Crippen LogP contribution is 2.32. The zero-order valence-corrected chi connectivity index (χ0v) is 25.9. The molecule has 0 saturated carbocycles. The molecule has 0 heterocycles. The van der Waals surface area contributed by atoms with Gasteiger partial charge >= 0.3 is 0 Å². The monoisotopic (exact) mass is 632 g/mol. The van der Waals surface area contributed by atoms with Crippen molar-refractivity contribution in [2.45, 2.75) is 58.5 Å². The summed E-state index contributed by atoms with van der Waals surface area (Å²) >= 11 is 16.0. The van der Waals surface area contributed by atoms with Crippen molar-refractivity contribution in [3.63, 3.8) is 0 Å². The van der Waals surface area contributed by atoms with E-state index in [2.05, 4.69) is 42.0 Å². The molecule has 0 aliphatic heterocycles. The van der Waals surface area contributed by atoms with E-state index in [4.69, 9.17) is 27.9 Å². The van der Waals surface area contributed by atoms with Crippen LogP contribution in [0.2, 0.25) is 10.0 Å². The van der Waals surface area contributed by atoms with E-state index in [1.807, 2.05) is 55.5 Å². The molecule has 0 aliphatic rings. The number of carbonyl (C=O) groups is 2. The van der Waals surface area contributed by atoms with Gasteiger partial charge in [0.15, 0.2) is 6.61 Å². The number of rotatable bonds is 11. The van der Waals surface area contributed by atoms with Crippen LogP contribution in [0, 0.1) is 0 Å². The van der Waals surface area contributed by atoms with Crippen molar-refractivity contribution < 1.29 is 14.3 Å². The van der Waals surface area contributed by atoms with Gasteiger partial charge in [0.05, 0.1) is 14.5 Å². The largest absolute Gasteiger partial charge is 0.483 e. The zero-order valence-electron chi connectivity index (χ0n) is 22.8. The Hall–Kier alpha value is -2.54. The van der Waals surface area contributed by atoms with E-state index in [0.29, 0.717) is 28.8 Å². The molecule has 2 amide bonds. The second-order valence-electron chi connectivity index (χ2n) is 10.5. The fourth-order valence-electron chi connectivity index (χ4n) is 4.06. The number of ether oxygens (including phenoxy) is 1. The zero-order chi connectivity index (χ0) is 28.6. The summed E-state index contributed by atoms with van der Waals surface area (Å²) in [5.41, 5.74) is 2.83. The lowest BCUT2D eigenvalue weighted by atomic mass is 9.87. The Labute approximate surface area is 250 Å². The summed E-state index contributed by atoms with van der Waals surface area (Å²) in [7, 11) is 0. The third-order valence-electron chi connectivity index (χ3n) is 6.31. The third kappa shape index (κ3) is 8.99. The Bertz CT molecular complexity index is 1280. The van der Waals surface area contributed by atoms with E-state index in [1.54, 1.807) is 23.1 Å². The number of halogens is 3. The average Bonchev–Trinajstić information content (AvgIpc) is 2.90. The fraction of sp³-hybridized carbons (Fsp3) is 0.355. The molecule has 8 heteroatoms. The van der Waals surface area contributed by atoms with Gasteiger partial charge in [0.25, 0.3) is 5.91 Å². The van der Waals surface area contributed by atoms with Gasteiger partial charge < -0.3 is 15.0 Å². The highest BCUT2D eigenvalue weighted by molar-refractivity contribution is 9.10. The van der Waals surface area contributed by atoms with Crippen LogP contribution in [0.1, 0.15) is 50.8 Å². The summed E-state index contributed by atoms with van der Waals surface area (Å²) in [4.78, 5) is 28.8. The highest BCUT2D eigenvalue weighted by Gasteiger charge is 2.31. The van der Waals surface area contributed by atoms with Crippen molar-refractivity contribution in [3.05, 3.63) is 97.9 Å². The molecule has 0 bridgehead atoms. The van der Waals surface area contributed by atoms with Crippen LogP contribution in [0.15, 0.2) is 71.2 Å². The van der Waals surface area contributed by atoms with Crippen LogP contribution >= 0.6 is 39.1 Å². The molecule has 3 rings (SSSR count). The molecule has 0 aromatic heterocycles. The minimum absolute atomic E-state index is 0.0238. The number of hydrogen-bond acceptors (Lipinski definition) is 3. The molecular formula is C31H35BrCl2N2O3. The first-order valence-corrected chi connectivity index (χ1v) is 14.5. The summed E-state index contributed by atoms with van der Waals surface area (Å²) in [6.07, 6.45) is 1.14. The van der Waals surface area contributed by atoms with Gasteiger partial charge in [-0.1, -0.05) is 93.4 Å². The summed E-state index contributed by atoms with van der Waals surface area (Å²) < 4.78 is 6.74. The Balaban J connectivity index is 1.92. The summed E-state index contributed by atoms with van der Waals surface area (Å²) in [6, 6.07) is 20.0. The molecule has 5 nitrogen and oxygen atoms in total. The molecule has 0 spiro atoms. The summed E-state index contributed by atoms with van der Waals surface area (Å²) in [5.74, 6) is 0.0196. The van der Waals surface area contributed by atoms with Crippen LogP contribution in [0.25, 0.3) is 0 Å². The number of nitrogens with zero attached hydrogens (tertiary/aromatic N) is 1. The van der Waals surface area contributed by atoms with Gasteiger partial charge in [-0.25, -0.2) is 0 Å². The van der Waals surface area contributed by atoms with Crippen LogP contribution in [0.3, 0.4) is 0 Å². The first kappa shape index (κ1) is 31.0. The van der Waals surface area contributed by atoms with E-state index in [0.717, 1.165) is 27.6 Å².